The minimum Gasteiger partial charge on any atom is -0.338 e. The predicted octanol–water partition coefficient (Wildman–Crippen LogP) is 4.89. The lowest BCUT2D eigenvalue weighted by Crippen LogP contribution is -2.36. The van der Waals surface area contributed by atoms with E-state index in [1.165, 1.54) is 0 Å². The normalized spacial score (nSPS) is 18.2. The molecule has 3 aliphatic rings. The summed E-state index contributed by atoms with van der Waals surface area (Å²) in [7, 11) is 1.78. The van der Waals surface area contributed by atoms with Gasteiger partial charge in [-0.3, -0.25) is 19.0 Å². The van der Waals surface area contributed by atoms with E-state index < -0.39 is 6.43 Å². The van der Waals surface area contributed by atoms with E-state index in [-0.39, 0.29) is 17.5 Å². The number of ketones is 1. The second-order valence-electron chi connectivity index (χ2n) is 10.7. The molecule has 1 aliphatic carbocycles. The van der Waals surface area contributed by atoms with Gasteiger partial charge < -0.3 is 9.80 Å². The molecule has 200 valence electrons. The van der Waals surface area contributed by atoms with Crippen LogP contribution in [0, 0.1) is 0 Å². The number of nitrogens with zero attached hydrogens (tertiary/aromatic N) is 6. The molecular formula is C28H32F2N6O2. The Morgan fingerprint density at radius 1 is 1.11 bits per heavy atom. The Labute approximate surface area is 220 Å². The van der Waals surface area contributed by atoms with Crippen molar-refractivity contribution in [3.63, 3.8) is 0 Å². The van der Waals surface area contributed by atoms with Crippen molar-refractivity contribution < 1.29 is 18.4 Å². The summed E-state index contributed by atoms with van der Waals surface area (Å²) >= 11 is 0. The van der Waals surface area contributed by atoms with Crippen LogP contribution in [0.3, 0.4) is 0 Å². The van der Waals surface area contributed by atoms with Gasteiger partial charge in [0.25, 0.3) is 6.43 Å². The number of hydrogen-bond donors (Lipinski definition) is 0. The Kier molecular flexibility index (Phi) is 6.28. The molecule has 0 unspecified atom stereocenters. The van der Waals surface area contributed by atoms with Gasteiger partial charge in [-0.2, -0.15) is 10.2 Å². The molecule has 0 spiro atoms. The molecule has 8 nitrogen and oxygen atoms in total. The number of halogens is 2. The molecule has 0 saturated heterocycles. The zero-order chi connectivity index (χ0) is 26.6. The van der Waals surface area contributed by atoms with Gasteiger partial charge >= 0.3 is 0 Å². The van der Waals surface area contributed by atoms with Crippen LogP contribution in [0.1, 0.15) is 73.9 Å². The summed E-state index contributed by atoms with van der Waals surface area (Å²) in [5.41, 5.74) is 5.02. The third kappa shape index (κ3) is 4.29. The number of benzene rings is 1. The summed E-state index contributed by atoms with van der Waals surface area (Å²) in [6, 6.07) is 3.64. The van der Waals surface area contributed by atoms with E-state index in [4.69, 9.17) is 5.10 Å². The Morgan fingerprint density at radius 2 is 1.89 bits per heavy atom. The van der Waals surface area contributed by atoms with Crippen molar-refractivity contribution in [2.24, 2.45) is 7.05 Å². The summed E-state index contributed by atoms with van der Waals surface area (Å²) in [6.07, 6.45) is 5.69. The maximum absolute atomic E-state index is 14.4. The highest BCUT2D eigenvalue weighted by Gasteiger charge is 2.34. The highest BCUT2D eigenvalue weighted by atomic mass is 19.3. The SMILES string of the molecule is CC(=O)N1CCc2c(c(N3CCCc4cc(-c5cnn(C)c5)c(C(F)F)cc43)nn2C2CCC(=O)CC2)C1. The third-order valence-corrected chi connectivity index (χ3v) is 8.24. The standard InChI is InChI=1S/C28H32F2N6O2/c1-17(37)34-11-9-25-24(16-34)28(32-36(25)20-5-7-21(38)8-6-20)35-10-3-4-18-12-22(19-14-31-33(2)15-19)23(27(29)30)13-26(18)35/h12-15,20,27H,3-11,16H2,1-2H3. The molecule has 0 radical (unpaired) electrons. The van der Waals surface area contributed by atoms with E-state index >= 15 is 0 Å². The Bertz CT molecular complexity index is 1400. The van der Waals surface area contributed by atoms with Crippen molar-refractivity contribution in [3.05, 3.63) is 46.9 Å². The molecule has 38 heavy (non-hydrogen) atoms. The number of anilines is 2. The van der Waals surface area contributed by atoms with Gasteiger partial charge in [0.15, 0.2) is 5.82 Å². The maximum atomic E-state index is 14.4. The number of Topliss-reactive ketones (excluding diaryl/α,β-unsaturated/α-hetero) is 1. The molecule has 1 fully saturated rings. The molecule has 2 aliphatic heterocycles. The van der Waals surface area contributed by atoms with Crippen LogP contribution in [-0.2, 0) is 36.0 Å². The van der Waals surface area contributed by atoms with Gasteiger partial charge in [-0.25, -0.2) is 8.78 Å². The average Bonchev–Trinajstić information content (AvgIpc) is 3.51. The number of carbonyl (C=O) groups excluding carboxylic acids is 2. The number of rotatable bonds is 4. The third-order valence-electron chi connectivity index (χ3n) is 8.24. The average molecular weight is 523 g/mol. The molecule has 6 rings (SSSR count). The first-order valence-corrected chi connectivity index (χ1v) is 13.4. The zero-order valence-corrected chi connectivity index (χ0v) is 21.8. The van der Waals surface area contributed by atoms with Crippen LogP contribution >= 0.6 is 0 Å². The van der Waals surface area contributed by atoms with Crippen molar-refractivity contribution >= 4 is 23.2 Å². The fourth-order valence-corrected chi connectivity index (χ4v) is 6.24. The molecule has 4 heterocycles. The van der Waals surface area contributed by atoms with Crippen molar-refractivity contribution in [3.8, 4) is 11.1 Å². The summed E-state index contributed by atoms with van der Waals surface area (Å²) < 4.78 is 32.5. The van der Waals surface area contributed by atoms with Gasteiger partial charge in [-0.15, -0.1) is 0 Å². The number of fused-ring (bicyclic) bond motifs is 2. The Hall–Kier alpha value is -3.56. The van der Waals surface area contributed by atoms with Crippen LogP contribution < -0.4 is 4.90 Å². The van der Waals surface area contributed by atoms with Crippen LogP contribution in [0.15, 0.2) is 24.5 Å². The minimum atomic E-state index is -2.64. The monoisotopic (exact) mass is 522 g/mol. The summed E-state index contributed by atoms with van der Waals surface area (Å²) in [6.45, 7) is 3.31. The van der Waals surface area contributed by atoms with Gasteiger partial charge in [-0.05, 0) is 48.9 Å². The highest BCUT2D eigenvalue weighted by molar-refractivity contribution is 5.79. The first-order valence-electron chi connectivity index (χ1n) is 13.4. The Balaban J connectivity index is 1.46. The largest absolute Gasteiger partial charge is 0.338 e. The number of hydrogen-bond acceptors (Lipinski definition) is 5. The van der Waals surface area contributed by atoms with Crippen LogP contribution in [0.25, 0.3) is 11.1 Å². The second-order valence-corrected chi connectivity index (χ2v) is 10.7. The molecule has 1 aromatic carbocycles. The molecule has 0 N–H and O–H groups in total. The minimum absolute atomic E-state index is 0.0118. The van der Waals surface area contributed by atoms with Crippen LogP contribution in [-0.4, -0.2) is 49.2 Å². The Morgan fingerprint density at radius 3 is 2.58 bits per heavy atom. The quantitative estimate of drug-likeness (QED) is 0.488. The molecule has 1 saturated carbocycles. The van der Waals surface area contributed by atoms with Gasteiger partial charge in [-0.1, -0.05) is 0 Å². The van der Waals surface area contributed by atoms with Crippen LogP contribution in [0.2, 0.25) is 0 Å². The lowest BCUT2D eigenvalue weighted by Gasteiger charge is -2.33. The van der Waals surface area contributed by atoms with Gasteiger partial charge in [0.05, 0.1) is 18.8 Å². The van der Waals surface area contributed by atoms with Crippen LogP contribution in [0.5, 0.6) is 0 Å². The molecule has 2 aromatic heterocycles. The van der Waals surface area contributed by atoms with Gasteiger partial charge in [0.1, 0.15) is 5.78 Å². The van der Waals surface area contributed by atoms with E-state index in [0.717, 1.165) is 54.0 Å². The highest BCUT2D eigenvalue weighted by Crippen LogP contribution is 2.43. The number of alkyl halides is 2. The maximum Gasteiger partial charge on any atom is 0.264 e. The van der Waals surface area contributed by atoms with Crippen molar-refractivity contribution in [2.45, 2.75) is 70.9 Å². The smallest absolute Gasteiger partial charge is 0.264 e. The van der Waals surface area contributed by atoms with Crippen molar-refractivity contribution in [1.82, 2.24) is 24.5 Å². The van der Waals surface area contributed by atoms with E-state index in [2.05, 4.69) is 14.7 Å². The number of aryl methyl sites for hydroxylation is 2. The van der Waals surface area contributed by atoms with Gasteiger partial charge in [0.2, 0.25) is 5.91 Å². The van der Waals surface area contributed by atoms with Gasteiger partial charge in [0, 0.05) is 80.6 Å². The van der Waals surface area contributed by atoms with E-state index in [0.29, 0.717) is 55.8 Å². The fourth-order valence-electron chi connectivity index (χ4n) is 6.24. The molecule has 3 aromatic rings. The van der Waals surface area contributed by atoms with Crippen molar-refractivity contribution in [2.75, 3.05) is 18.0 Å². The second kappa shape index (κ2) is 9.63. The lowest BCUT2D eigenvalue weighted by atomic mass is 9.92. The van der Waals surface area contributed by atoms with Crippen LogP contribution in [0.4, 0.5) is 20.3 Å². The fraction of sp³-hybridized carbons (Fsp3) is 0.500. The molecular weight excluding hydrogens is 490 g/mol. The summed E-state index contributed by atoms with van der Waals surface area (Å²) in [4.78, 5) is 28.1. The summed E-state index contributed by atoms with van der Waals surface area (Å²) in [5, 5.41) is 9.29. The molecule has 10 heteroatoms. The van der Waals surface area contributed by atoms with Crippen molar-refractivity contribution in [1.29, 1.82) is 0 Å². The number of aromatic nitrogens is 4. The molecule has 0 bridgehead atoms. The first-order chi connectivity index (χ1) is 18.3. The number of carbonyl (C=O) groups is 2. The molecule has 0 atom stereocenters. The van der Waals surface area contributed by atoms with E-state index in [9.17, 15) is 18.4 Å². The predicted molar refractivity (Wildman–Crippen MR) is 138 cm³/mol. The zero-order valence-electron chi connectivity index (χ0n) is 21.8. The van der Waals surface area contributed by atoms with E-state index in [1.54, 1.807) is 37.1 Å². The summed E-state index contributed by atoms with van der Waals surface area (Å²) in [5.74, 6) is 1.05. The number of amides is 1. The molecule has 1 amide bonds. The van der Waals surface area contributed by atoms with E-state index in [1.807, 2.05) is 11.0 Å². The topological polar surface area (TPSA) is 76.3 Å². The lowest BCUT2D eigenvalue weighted by molar-refractivity contribution is -0.129. The first kappa shape index (κ1) is 24.8.